The van der Waals surface area contributed by atoms with Crippen molar-refractivity contribution in [3.8, 4) is 0 Å². The summed E-state index contributed by atoms with van der Waals surface area (Å²) in [6.07, 6.45) is 0.523. The van der Waals surface area contributed by atoms with E-state index in [0.29, 0.717) is 13.0 Å². The first-order valence-corrected chi connectivity index (χ1v) is 6.29. The molecule has 0 bridgehead atoms. The average molecular weight is 264 g/mol. The fraction of sp³-hybridized carbons (Fsp3) is 0.429. The van der Waals surface area contributed by atoms with Crippen molar-refractivity contribution in [2.24, 2.45) is 0 Å². The van der Waals surface area contributed by atoms with Gasteiger partial charge in [-0.15, -0.1) is 0 Å². The van der Waals surface area contributed by atoms with Gasteiger partial charge in [-0.25, -0.2) is 0 Å². The van der Waals surface area contributed by atoms with Crippen LogP contribution in [0.2, 0.25) is 0 Å². The molecule has 3 N–H and O–H groups in total. The van der Waals surface area contributed by atoms with Crippen molar-refractivity contribution in [3.63, 3.8) is 0 Å². The van der Waals surface area contributed by atoms with Crippen LogP contribution in [0.25, 0.3) is 0 Å². The summed E-state index contributed by atoms with van der Waals surface area (Å²) < 4.78 is 0. The van der Waals surface area contributed by atoms with Crippen molar-refractivity contribution in [1.29, 1.82) is 0 Å². The summed E-state index contributed by atoms with van der Waals surface area (Å²) in [4.78, 5) is 21.9. The number of hydrogen-bond donors (Lipinski definition) is 3. The Kier molecular flexibility index (Phi) is 5.85. The van der Waals surface area contributed by atoms with Gasteiger partial charge in [0.2, 0.25) is 5.91 Å². The smallest absolute Gasteiger partial charge is 0.303 e. The predicted molar refractivity (Wildman–Crippen MR) is 74.3 cm³/mol. The van der Waals surface area contributed by atoms with E-state index in [9.17, 15) is 9.59 Å². The van der Waals surface area contributed by atoms with E-state index in [2.05, 4.69) is 10.6 Å². The largest absolute Gasteiger partial charge is 0.481 e. The number of nitrogens with one attached hydrogen (secondary N) is 2. The van der Waals surface area contributed by atoms with Gasteiger partial charge < -0.3 is 15.7 Å². The van der Waals surface area contributed by atoms with Crippen molar-refractivity contribution in [2.45, 2.75) is 26.7 Å². The highest BCUT2D eigenvalue weighted by molar-refractivity contribution is 5.81. The van der Waals surface area contributed by atoms with E-state index in [0.717, 1.165) is 16.8 Å². The average Bonchev–Trinajstić information content (AvgIpc) is 2.34. The number of carbonyl (C=O) groups is 2. The number of para-hydroxylation sites is 1. The minimum atomic E-state index is -0.845. The van der Waals surface area contributed by atoms with Gasteiger partial charge in [0.1, 0.15) is 0 Å². The standard InChI is InChI=1S/C14H20N2O3/c1-10-5-3-6-11(2)14(10)16-9-12(17)15-8-4-7-13(18)19/h3,5-6,16H,4,7-9H2,1-2H3,(H,15,17)(H,18,19). The highest BCUT2D eigenvalue weighted by Gasteiger charge is 2.05. The van der Waals surface area contributed by atoms with Gasteiger partial charge in [0.25, 0.3) is 0 Å². The van der Waals surface area contributed by atoms with Crippen LogP contribution in [0.5, 0.6) is 0 Å². The summed E-state index contributed by atoms with van der Waals surface area (Å²) in [6.45, 7) is 4.55. The molecule has 0 atom stereocenters. The summed E-state index contributed by atoms with van der Waals surface area (Å²) in [7, 11) is 0. The first kappa shape index (κ1) is 15.0. The number of aliphatic carboxylic acids is 1. The Hall–Kier alpha value is -2.04. The molecule has 0 unspecified atom stereocenters. The summed E-state index contributed by atoms with van der Waals surface area (Å²) in [6, 6.07) is 5.95. The molecule has 5 nitrogen and oxygen atoms in total. The second-order valence-electron chi connectivity index (χ2n) is 4.47. The predicted octanol–water partition coefficient (Wildman–Crippen LogP) is 1.70. The van der Waals surface area contributed by atoms with Crippen molar-refractivity contribution in [1.82, 2.24) is 5.32 Å². The Morgan fingerprint density at radius 2 is 1.84 bits per heavy atom. The van der Waals surface area contributed by atoms with Crippen LogP contribution >= 0.6 is 0 Å². The molecule has 1 aromatic carbocycles. The molecule has 1 amide bonds. The maximum Gasteiger partial charge on any atom is 0.303 e. The summed E-state index contributed by atoms with van der Waals surface area (Å²) in [5.41, 5.74) is 3.17. The van der Waals surface area contributed by atoms with Gasteiger partial charge in [-0.05, 0) is 31.4 Å². The molecule has 0 spiro atoms. The Morgan fingerprint density at radius 3 is 2.42 bits per heavy atom. The third-order valence-electron chi connectivity index (χ3n) is 2.80. The van der Waals surface area contributed by atoms with Crippen LogP contribution in [-0.4, -0.2) is 30.1 Å². The van der Waals surface area contributed by atoms with Crippen LogP contribution in [0, 0.1) is 13.8 Å². The Morgan fingerprint density at radius 1 is 1.21 bits per heavy atom. The lowest BCUT2D eigenvalue weighted by Gasteiger charge is -2.12. The Balaban J connectivity index is 2.32. The van der Waals surface area contributed by atoms with E-state index in [1.165, 1.54) is 0 Å². The molecular weight excluding hydrogens is 244 g/mol. The number of rotatable bonds is 7. The van der Waals surface area contributed by atoms with Gasteiger partial charge in [0.05, 0.1) is 6.54 Å². The van der Waals surface area contributed by atoms with Gasteiger partial charge in [-0.2, -0.15) is 0 Å². The van der Waals surface area contributed by atoms with Gasteiger partial charge in [0.15, 0.2) is 0 Å². The monoisotopic (exact) mass is 264 g/mol. The molecule has 104 valence electrons. The molecule has 0 aliphatic carbocycles. The highest BCUT2D eigenvalue weighted by Crippen LogP contribution is 2.18. The molecule has 0 aliphatic rings. The molecule has 0 aliphatic heterocycles. The van der Waals surface area contributed by atoms with Gasteiger partial charge in [-0.3, -0.25) is 9.59 Å². The van der Waals surface area contributed by atoms with Crippen LogP contribution in [0.15, 0.2) is 18.2 Å². The SMILES string of the molecule is Cc1cccc(C)c1NCC(=O)NCCCC(=O)O. The zero-order valence-corrected chi connectivity index (χ0v) is 11.3. The van der Waals surface area contributed by atoms with Crippen LogP contribution in [-0.2, 0) is 9.59 Å². The van der Waals surface area contributed by atoms with Crippen LogP contribution < -0.4 is 10.6 Å². The van der Waals surface area contributed by atoms with E-state index in [-0.39, 0.29) is 18.9 Å². The molecule has 19 heavy (non-hydrogen) atoms. The third kappa shape index (κ3) is 5.42. The summed E-state index contributed by atoms with van der Waals surface area (Å²) >= 11 is 0. The molecule has 1 aromatic rings. The lowest BCUT2D eigenvalue weighted by atomic mass is 10.1. The maximum absolute atomic E-state index is 11.6. The number of carbonyl (C=O) groups excluding carboxylic acids is 1. The van der Waals surface area contributed by atoms with Crippen LogP contribution in [0.3, 0.4) is 0 Å². The molecular formula is C14H20N2O3. The Bertz CT molecular complexity index is 438. The van der Waals surface area contributed by atoms with Crippen molar-refractivity contribution < 1.29 is 14.7 Å². The minimum absolute atomic E-state index is 0.0740. The first-order valence-electron chi connectivity index (χ1n) is 6.29. The molecule has 0 aromatic heterocycles. The Labute approximate surface area is 113 Å². The van der Waals surface area contributed by atoms with E-state index in [1.54, 1.807) is 0 Å². The molecule has 0 saturated heterocycles. The van der Waals surface area contributed by atoms with E-state index < -0.39 is 5.97 Å². The summed E-state index contributed by atoms with van der Waals surface area (Å²) in [5, 5.41) is 14.3. The quantitative estimate of drug-likeness (QED) is 0.655. The zero-order valence-electron chi connectivity index (χ0n) is 11.3. The molecule has 0 saturated carbocycles. The molecule has 0 heterocycles. The number of aryl methyl sites for hydroxylation is 2. The fourth-order valence-electron chi connectivity index (χ4n) is 1.79. The number of benzene rings is 1. The van der Waals surface area contributed by atoms with E-state index in [4.69, 9.17) is 5.11 Å². The second-order valence-corrected chi connectivity index (χ2v) is 4.47. The maximum atomic E-state index is 11.6. The van der Waals surface area contributed by atoms with E-state index in [1.807, 2.05) is 32.0 Å². The van der Waals surface area contributed by atoms with E-state index >= 15 is 0 Å². The van der Waals surface area contributed by atoms with Gasteiger partial charge in [-0.1, -0.05) is 18.2 Å². The van der Waals surface area contributed by atoms with Gasteiger partial charge in [0, 0.05) is 18.7 Å². The molecule has 0 fully saturated rings. The number of carboxylic acids is 1. The van der Waals surface area contributed by atoms with Crippen molar-refractivity contribution in [3.05, 3.63) is 29.3 Å². The second kappa shape index (κ2) is 7.41. The number of anilines is 1. The number of hydrogen-bond acceptors (Lipinski definition) is 3. The molecule has 1 rings (SSSR count). The molecule has 5 heteroatoms. The zero-order chi connectivity index (χ0) is 14.3. The van der Waals surface area contributed by atoms with Gasteiger partial charge >= 0.3 is 5.97 Å². The van der Waals surface area contributed by atoms with Crippen LogP contribution in [0.4, 0.5) is 5.69 Å². The van der Waals surface area contributed by atoms with Crippen molar-refractivity contribution >= 4 is 17.6 Å². The lowest BCUT2D eigenvalue weighted by molar-refractivity contribution is -0.137. The molecule has 0 radical (unpaired) electrons. The van der Waals surface area contributed by atoms with Crippen LogP contribution in [0.1, 0.15) is 24.0 Å². The summed E-state index contributed by atoms with van der Waals surface area (Å²) in [5.74, 6) is -0.976. The lowest BCUT2D eigenvalue weighted by Crippen LogP contribution is -2.31. The fourth-order valence-corrected chi connectivity index (χ4v) is 1.79. The number of amides is 1. The first-order chi connectivity index (χ1) is 9.00. The number of carboxylic acid groups (broad SMARTS) is 1. The third-order valence-corrected chi connectivity index (χ3v) is 2.80. The minimum Gasteiger partial charge on any atom is -0.481 e. The van der Waals surface area contributed by atoms with Crippen molar-refractivity contribution in [2.75, 3.05) is 18.4 Å². The highest BCUT2D eigenvalue weighted by atomic mass is 16.4. The normalized spacial score (nSPS) is 10.0. The topological polar surface area (TPSA) is 78.4 Å².